The van der Waals surface area contributed by atoms with Gasteiger partial charge in [-0.05, 0) is 50.8 Å². The van der Waals surface area contributed by atoms with Gasteiger partial charge in [0.25, 0.3) is 5.91 Å². The first-order chi connectivity index (χ1) is 11.4. The Hall–Kier alpha value is -1.62. The Bertz CT molecular complexity index is 527. The standard InChI is InChI=1S/C19H32N4O/c1-14(2)12-23-9-8-16(13-23)10-21-19(24)17-6-7-18(20-11-17)22(5)15(3)4/h6-7,11,14-16H,8-10,12-13H2,1-5H3,(H,21,24)/t16-/m1/s1. The average molecular weight is 332 g/mol. The number of carbonyl (C=O) groups excluding carboxylic acids is 1. The molecule has 0 bridgehead atoms. The predicted molar refractivity (Wildman–Crippen MR) is 99.5 cm³/mol. The molecule has 2 rings (SSSR count). The lowest BCUT2D eigenvalue weighted by atomic mass is 10.1. The molecule has 1 atom stereocenters. The number of hydrogen-bond donors (Lipinski definition) is 1. The monoisotopic (exact) mass is 332 g/mol. The first-order valence-electron chi connectivity index (χ1n) is 9.06. The Kier molecular flexibility index (Phi) is 6.60. The SMILES string of the molecule is CC(C)CN1CC[C@H](CNC(=O)c2ccc(N(C)C(C)C)nc2)C1. The first-order valence-corrected chi connectivity index (χ1v) is 9.06. The molecular formula is C19H32N4O. The van der Waals surface area contributed by atoms with Crippen LogP contribution in [0.5, 0.6) is 0 Å². The Balaban J connectivity index is 1.81. The first kappa shape index (κ1) is 18.7. The van der Waals surface area contributed by atoms with Crippen molar-refractivity contribution in [3.8, 4) is 0 Å². The van der Waals surface area contributed by atoms with Crippen molar-refractivity contribution in [1.82, 2.24) is 15.2 Å². The quantitative estimate of drug-likeness (QED) is 0.834. The van der Waals surface area contributed by atoms with Crippen molar-refractivity contribution in [2.75, 3.05) is 38.1 Å². The maximum absolute atomic E-state index is 12.3. The second kappa shape index (κ2) is 8.47. The smallest absolute Gasteiger partial charge is 0.252 e. The summed E-state index contributed by atoms with van der Waals surface area (Å²) in [6.45, 7) is 12.9. The van der Waals surface area contributed by atoms with Crippen LogP contribution in [0.4, 0.5) is 5.82 Å². The van der Waals surface area contributed by atoms with E-state index in [1.54, 1.807) is 6.20 Å². The van der Waals surface area contributed by atoms with Gasteiger partial charge < -0.3 is 15.1 Å². The van der Waals surface area contributed by atoms with E-state index in [1.807, 2.05) is 19.2 Å². The minimum atomic E-state index is -0.0245. The number of anilines is 1. The number of amides is 1. The van der Waals surface area contributed by atoms with Crippen LogP contribution in [-0.4, -0.2) is 55.1 Å². The molecule has 1 aromatic rings. The third kappa shape index (κ3) is 5.20. The average Bonchev–Trinajstić information content (AvgIpc) is 2.98. The van der Waals surface area contributed by atoms with Crippen LogP contribution in [0.15, 0.2) is 18.3 Å². The van der Waals surface area contributed by atoms with Gasteiger partial charge in [-0.2, -0.15) is 0 Å². The lowest BCUT2D eigenvalue weighted by molar-refractivity contribution is 0.0947. The van der Waals surface area contributed by atoms with Crippen molar-refractivity contribution in [3.05, 3.63) is 23.9 Å². The summed E-state index contributed by atoms with van der Waals surface area (Å²) in [5, 5.41) is 3.07. The summed E-state index contributed by atoms with van der Waals surface area (Å²) in [6, 6.07) is 4.15. The summed E-state index contributed by atoms with van der Waals surface area (Å²) in [5.74, 6) is 2.13. The van der Waals surface area contributed by atoms with E-state index in [2.05, 4.69) is 47.8 Å². The topological polar surface area (TPSA) is 48.5 Å². The number of nitrogens with one attached hydrogen (secondary N) is 1. The molecule has 0 radical (unpaired) electrons. The fraction of sp³-hybridized carbons (Fsp3) is 0.684. The molecule has 5 nitrogen and oxygen atoms in total. The second-order valence-electron chi connectivity index (χ2n) is 7.63. The Morgan fingerprint density at radius 1 is 1.38 bits per heavy atom. The third-order valence-electron chi connectivity index (χ3n) is 4.69. The van der Waals surface area contributed by atoms with Crippen LogP contribution in [-0.2, 0) is 0 Å². The van der Waals surface area contributed by atoms with Crippen molar-refractivity contribution < 1.29 is 4.79 Å². The summed E-state index contributed by atoms with van der Waals surface area (Å²) in [4.78, 5) is 21.3. The lowest BCUT2D eigenvalue weighted by Gasteiger charge is -2.22. The molecule has 0 unspecified atom stereocenters. The number of pyridine rings is 1. The molecule has 1 amide bonds. The van der Waals surface area contributed by atoms with Crippen LogP contribution >= 0.6 is 0 Å². The van der Waals surface area contributed by atoms with Crippen LogP contribution in [0.2, 0.25) is 0 Å². The van der Waals surface area contributed by atoms with E-state index in [9.17, 15) is 4.79 Å². The minimum Gasteiger partial charge on any atom is -0.357 e. The second-order valence-corrected chi connectivity index (χ2v) is 7.63. The van der Waals surface area contributed by atoms with Crippen molar-refractivity contribution in [2.45, 2.75) is 40.2 Å². The van der Waals surface area contributed by atoms with E-state index in [-0.39, 0.29) is 5.91 Å². The zero-order valence-corrected chi connectivity index (χ0v) is 15.7. The number of carbonyl (C=O) groups is 1. The van der Waals surface area contributed by atoms with Crippen molar-refractivity contribution >= 4 is 11.7 Å². The largest absolute Gasteiger partial charge is 0.357 e. The van der Waals surface area contributed by atoms with E-state index < -0.39 is 0 Å². The summed E-state index contributed by atoms with van der Waals surface area (Å²) < 4.78 is 0. The molecule has 1 aliphatic heterocycles. The van der Waals surface area contributed by atoms with Gasteiger partial charge in [0.1, 0.15) is 5.82 Å². The molecule has 5 heteroatoms. The van der Waals surface area contributed by atoms with E-state index in [4.69, 9.17) is 0 Å². The number of likely N-dealkylation sites (tertiary alicyclic amines) is 1. The van der Waals surface area contributed by atoms with Crippen molar-refractivity contribution in [1.29, 1.82) is 0 Å². The molecule has 0 aliphatic carbocycles. The van der Waals surface area contributed by atoms with Gasteiger partial charge in [-0.25, -0.2) is 4.98 Å². The normalized spacial score (nSPS) is 18.4. The van der Waals surface area contributed by atoms with Gasteiger partial charge in [0.05, 0.1) is 5.56 Å². The molecule has 1 aliphatic rings. The van der Waals surface area contributed by atoms with Gasteiger partial charge in [-0.1, -0.05) is 13.8 Å². The Morgan fingerprint density at radius 3 is 2.71 bits per heavy atom. The molecule has 1 aromatic heterocycles. The fourth-order valence-electron chi connectivity index (χ4n) is 3.09. The van der Waals surface area contributed by atoms with Gasteiger partial charge in [0.15, 0.2) is 0 Å². The van der Waals surface area contributed by atoms with Crippen LogP contribution < -0.4 is 10.2 Å². The Morgan fingerprint density at radius 2 is 2.12 bits per heavy atom. The molecule has 2 heterocycles. The van der Waals surface area contributed by atoms with Crippen LogP contribution in [0.3, 0.4) is 0 Å². The van der Waals surface area contributed by atoms with Gasteiger partial charge in [0, 0.05) is 38.9 Å². The van der Waals surface area contributed by atoms with Gasteiger partial charge in [0.2, 0.25) is 0 Å². The lowest BCUT2D eigenvalue weighted by Crippen LogP contribution is -2.32. The number of hydrogen-bond acceptors (Lipinski definition) is 4. The highest BCUT2D eigenvalue weighted by Crippen LogP contribution is 2.17. The molecule has 134 valence electrons. The van der Waals surface area contributed by atoms with Gasteiger partial charge >= 0.3 is 0 Å². The molecule has 1 N–H and O–H groups in total. The van der Waals surface area contributed by atoms with E-state index in [0.717, 1.165) is 32.0 Å². The highest BCUT2D eigenvalue weighted by atomic mass is 16.1. The molecule has 0 spiro atoms. The third-order valence-corrected chi connectivity index (χ3v) is 4.69. The molecular weight excluding hydrogens is 300 g/mol. The fourth-order valence-corrected chi connectivity index (χ4v) is 3.09. The maximum Gasteiger partial charge on any atom is 0.252 e. The highest BCUT2D eigenvalue weighted by Gasteiger charge is 2.23. The van der Waals surface area contributed by atoms with Crippen LogP contribution in [0, 0.1) is 11.8 Å². The zero-order valence-electron chi connectivity index (χ0n) is 15.7. The van der Waals surface area contributed by atoms with Crippen LogP contribution in [0.25, 0.3) is 0 Å². The molecule has 1 saturated heterocycles. The van der Waals surface area contributed by atoms with Crippen molar-refractivity contribution in [2.24, 2.45) is 11.8 Å². The molecule has 0 saturated carbocycles. The summed E-state index contributed by atoms with van der Waals surface area (Å²) in [5.41, 5.74) is 0.632. The van der Waals surface area contributed by atoms with Gasteiger partial charge in [-0.3, -0.25) is 4.79 Å². The maximum atomic E-state index is 12.3. The zero-order chi connectivity index (χ0) is 17.7. The Labute approximate surface area is 146 Å². The summed E-state index contributed by atoms with van der Waals surface area (Å²) in [6.07, 6.45) is 2.84. The molecule has 0 aromatic carbocycles. The highest BCUT2D eigenvalue weighted by molar-refractivity contribution is 5.94. The number of nitrogens with zero attached hydrogens (tertiary/aromatic N) is 3. The predicted octanol–water partition coefficient (Wildman–Crippen LogP) is 2.63. The summed E-state index contributed by atoms with van der Waals surface area (Å²) >= 11 is 0. The van der Waals surface area contributed by atoms with E-state index >= 15 is 0 Å². The number of aromatic nitrogens is 1. The molecule has 24 heavy (non-hydrogen) atoms. The van der Waals surface area contributed by atoms with E-state index in [0.29, 0.717) is 23.4 Å². The van der Waals surface area contributed by atoms with E-state index in [1.165, 1.54) is 6.42 Å². The minimum absolute atomic E-state index is 0.0245. The van der Waals surface area contributed by atoms with Gasteiger partial charge in [-0.15, -0.1) is 0 Å². The molecule has 1 fully saturated rings. The number of rotatable bonds is 7. The van der Waals surface area contributed by atoms with Crippen LogP contribution in [0.1, 0.15) is 44.5 Å². The van der Waals surface area contributed by atoms with Crippen molar-refractivity contribution in [3.63, 3.8) is 0 Å². The summed E-state index contributed by atoms with van der Waals surface area (Å²) in [7, 11) is 2.01.